The summed E-state index contributed by atoms with van der Waals surface area (Å²) in [5, 5.41) is 16.5. The summed E-state index contributed by atoms with van der Waals surface area (Å²) >= 11 is 0. The summed E-state index contributed by atoms with van der Waals surface area (Å²) in [5.74, 6) is -0.914. The van der Waals surface area contributed by atoms with E-state index in [1.165, 1.54) is 26.1 Å². The largest absolute Gasteiger partial charge is 0.465 e. The molecule has 13 nitrogen and oxygen atoms in total. The number of nitrogens with one attached hydrogen (secondary N) is 2. The van der Waals surface area contributed by atoms with Crippen LogP contribution in [0.15, 0.2) is 17.1 Å². The molecule has 1 aromatic rings. The highest BCUT2D eigenvalue weighted by Crippen LogP contribution is 2.55. The van der Waals surface area contributed by atoms with Gasteiger partial charge >= 0.3 is 19.4 Å². The van der Waals surface area contributed by atoms with Crippen LogP contribution in [0.25, 0.3) is 0 Å². The van der Waals surface area contributed by atoms with Gasteiger partial charge in [-0.25, -0.2) is 14.4 Å². The van der Waals surface area contributed by atoms with Crippen LogP contribution in [0.4, 0.5) is 5.82 Å². The molecule has 37 heavy (non-hydrogen) atoms. The Labute approximate surface area is 215 Å². The second-order valence-corrected chi connectivity index (χ2v) is 11.2. The van der Waals surface area contributed by atoms with Gasteiger partial charge < -0.3 is 19.9 Å². The zero-order chi connectivity index (χ0) is 27.4. The Balaban J connectivity index is 1.74. The highest BCUT2D eigenvalue weighted by molar-refractivity contribution is 7.51. The van der Waals surface area contributed by atoms with Crippen LogP contribution in [0.1, 0.15) is 66.5 Å². The van der Waals surface area contributed by atoms with Crippen molar-refractivity contribution in [2.24, 2.45) is 5.92 Å². The van der Waals surface area contributed by atoms with Crippen molar-refractivity contribution in [1.82, 2.24) is 14.6 Å². The van der Waals surface area contributed by atoms with Crippen molar-refractivity contribution in [2.75, 3.05) is 18.5 Å². The fourth-order valence-corrected chi connectivity index (χ4v) is 6.28. The Morgan fingerprint density at radius 1 is 1.32 bits per heavy atom. The summed E-state index contributed by atoms with van der Waals surface area (Å²) in [4.78, 5) is 41.3. The van der Waals surface area contributed by atoms with Gasteiger partial charge in [0, 0.05) is 12.1 Å². The molecule has 2 saturated heterocycles. The van der Waals surface area contributed by atoms with Gasteiger partial charge in [0.05, 0.1) is 13.2 Å². The molecule has 0 saturated carbocycles. The molecule has 0 aromatic carbocycles. The molecule has 6 atom stereocenters. The lowest BCUT2D eigenvalue weighted by molar-refractivity contribution is -0.145. The lowest BCUT2D eigenvalue weighted by atomic mass is 9.96. The van der Waals surface area contributed by atoms with Crippen LogP contribution in [-0.4, -0.2) is 63.6 Å². The molecule has 3 heterocycles. The smallest absolute Gasteiger partial charge is 0.406 e. The number of hydrogen-bond acceptors (Lipinski definition) is 10. The Morgan fingerprint density at radius 3 is 2.59 bits per heavy atom. The molecule has 0 spiro atoms. The first-order valence-electron chi connectivity index (χ1n) is 12.6. The van der Waals surface area contributed by atoms with E-state index in [-0.39, 0.29) is 30.9 Å². The molecule has 2 aliphatic heterocycles. The number of carbonyl (C=O) groups excluding carboxylic acids is 2. The SMILES string of the molecule is CCCC(CCC)C(=O)Nc1ccn([C@@H]2O[C@@H]3COP(=O)(N[C@@H](C)C(=O)OCC)O[C@H]3[C@@]2(C)O)c(=O)n1. The fourth-order valence-electron chi connectivity index (χ4n) is 4.51. The summed E-state index contributed by atoms with van der Waals surface area (Å²) in [5.41, 5.74) is -2.58. The topological polar surface area (TPSA) is 167 Å². The Bertz CT molecular complexity index is 1070. The third kappa shape index (κ3) is 6.65. The molecule has 0 radical (unpaired) electrons. The van der Waals surface area contributed by atoms with Gasteiger partial charge in [-0.15, -0.1) is 0 Å². The molecule has 1 unspecified atom stereocenters. The van der Waals surface area contributed by atoms with Crippen LogP contribution in [0.3, 0.4) is 0 Å². The van der Waals surface area contributed by atoms with Crippen molar-refractivity contribution in [2.45, 2.75) is 90.4 Å². The second kappa shape index (κ2) is 12.1. The number of aromatic nitrogens is 2. The van der Waals surface area contributed by atoms with E-state index in [1.54, 1.807) is 6.92 Å². The van der Waals surface area contributed by atoms with Gasteiger partial charge in [0.15, 0.2) is 6.23 Å². The van der Waals surface area contributed by atoms with Crippen LogP contribution < -0.4 is 16.1 Å². The number of amides is 1. The fraction of sp³-hybridized carbons (Fsp3) is 0.739. The molecule has 3 rings (SSSR count). The number of esters is 1. The van der Waals surface area contributed by atoms with Crippen molar-refractivity contribution < 1.29 is 37.8 Å². The third-order valence-electron chi connectivity index (χ3n) is 6.35. The van der Waals surface area contributed by atoms with Crippen molar-refractivity contribution in [3.8, 4) is 0 Å². The first-order valence-corrected chi connectivity index (χ1v) is 14.1. The van der Waals surface area contributed by atoms with Crippen LogP contribution >= 0.6 is 7.75 Å². The minimum atomic E-state index is -4.01. The number of ether oxygens (including phenoxy) is 2. The summed E-state index contributed by atoms with van der Waals surface area (Å²) in [6.07, 6.45) is 1.31. The molecule has 208 valence electrons. The Hall–Kier alpha value is -2.15. The van der Waals surface area contributed by atoms with E-state index in [9.17, 15) is 24.1 Å². The van der Waals surface area contributed by atoms with Gasteiger partial charge in [0.1, 0.15) is 29.7 Å². The predicted molar refractivity (Wildman–Crippen MR) is 133 cm³/mol. The average molecular weight is 545 g/mol. The van der Waals surface area contributed by atoms with E-state index < -0.39 is 49.5 Å². The molecule has 2 aliphatic rings. The minimum Gasteiger partial charge on any atom is -0.465 e. The Morgan fingerprint density at radius 2 is 2.00 bits per heavy atom. The maximum Gasteiger partial charge on any atom is 0.406 e. The number of anilines is 1. The number of fused-ring (bicyclic) bond motifs is 1. The van der Waals surface area contributed by atoms with Crippen molar-refractivity contribution in [3.63, 3.8) is 0 Å². The lowest BCUT2D eigenvalue weighted by Gasteiger charge is -2.36. The summed E-state index contributed by atoms with van der Waals surface area (Å²) in [6.45, 7) is 8.41. The van der Waals surface area contributed by atoms with Crippen molar-refractivity contribution in [1.29, 1.82) is 0 Å². The van der Waals surface area contributed by atoms with E-state index in [4.69, 9.17) is 18.5 Å². The maximum atomic E-state index is 13.1. The zero-order valence-electron chi connectivity index (χ0n) is 21.8. The highest BCUT2D eigenvalue weighted by Gasteiger charge is 2.60. The molecule has 14 heteroatoms. The van der Waals surface area contributed by atoms with E-state index in [2.05, 4.69) is 15.4 Å². The summed E-state index contributed by atoms with van der Waals surface area (Å²) < 4.78 is 35.9. The molecule has 3 N–H and O–H groups in total. The standard InChI is InChI=1S/C23H37N4O9P/c1-6-9-15(10-7-2)19(28)24-17-11-12-27(22(30)25-17)21-23(5,31)18-16(35-21)13-34-37(32,36-18)26-14(4)20(29)33-8-3/h11-12,14-16,18,21,31H,6-10,13H2,1-5H3,(H,26,32)(H,24,25,28,30)/t14-,16+,18+,21+,23+,37?/m0/s1. The highest BCUT2D eigenvalue weighted by atomic mass is 31.2. The van der Waals surface area contributed by atoms with Crippen molar-refractivity contribution in [3.05, 3.63) is 22.7 Å². The van der Waals surface area contributed by atoms with Crippen LogP contribution in [0, 0.1) is 5.92 Å². The number of nitrogens with zero attached hydrogens (tertiary/aromatic N) is 2. The van der Waals surface area contributed by atoms with Crippen LogP contribution in [-0.2, 0) is 32.7 Å². The van der Waals surface area contributed by atoms with Gasteiger partial charge in [-0.3, -0.25) is 23.2 Å². The molecular formula is C23H37N4O9P. The maximum absolute atomic E-state index is 13.1. The molecule has 2 fully saturated rings. The van der Waals surface area contributed by atoms with Crippen molar-refractivity contribution >= 4 is 25.4 Å². The number of rotatable bonds is 11. The summed E-state index contributed by atoms with van der Waals surface area (Å²) in [7, 11) is -4.01. The number of aliphatic hydroxyl groups is 1. The van der Waals surface area contributed by atoms with Gasteiger partial charge in [0.2, 0.25) is 5.91 Å². The third-order valence-corrected chi connectivity index (χ3v) is 8.05. The van der Waals surface area contributed by atoms with E-state index >= 15 is 0 Å². The molecule has 1 aromatic heterocycles. The normalized spacial score (nSPS) is 30.1. The van der Waals surface area contributed by atoms with Gasteiger partial charge in [-0.1, -0.05) is 26.7 Å². The Kier molecular flexibility index (Phi) is 9.65. The minimum absolute atomic E-state index is 0.0970. The molecule has 1 amide bonds. The van der Waals surface area contributed by atoms with Gasteiger partial charge in [0.25, 0.3) is 0 Å². The first kappa shape index (κ1) is 29.4. The molecule has 0 bridgehead atoms. The molecular weight excluding hydrogens is 507 g/mol. The predicted octanol–water partition coefficient (Wildman–Crippen LogP) is 2.11. The second-order valence-electron chi connectivity index (χ2n) is 9.44. The van der Waals surface area contributed by atoms with Gasteiger partial charge in [-0.2, -0.15) is 4.98 Å². The average Bonchev–Trinajstić information content (AvgIpc) is 3.08. The monoisotopic (exact) mass is 544 g/mol. The number of carbonyl (C=O) groups is 2. The van der Waals surface area contributed by atoms with Crippen LogP contribution in [0.5, 0.6) is 0 Å². The molecule has 0 aliphatic carbocycles. The number of hydrogen-bond donors (Lipinski definition) is 3. The van der Waals surface area contributed by atoms with Gasteiger partial charge in [-0.05, 0) is 39.7 Å². The lowest BCUT2D eigenvalue weighted by Crippen LogP contribution is -2.50. The summed E-state index contributed by atoms with van der Waals surface area (Å²) in [6, 6.07) is 0.453. The quantitative estimate of drug-likeness (QED) is 0.276. The van der Waals surface area contributed by atoms with E-state index in [1.807, 2.05) is 13.8 Å². The van der Waals surface area contributed by atoms with E-state index in [0.29, 0.717) is 0 Å². The van der Waals surface area contributed by atoms with E-state index in [0.717, 1.165) is 30.3 Å². The van der Waals surface area contributed by atoms with Crippen LogP contribution in [0.2, 0.25) is 0 Å². The first-order chi connectivity index (χ1) is 17.5. The zero-order valence-corrected chi connectivity index (χ0v) is 22.7.